The molecule has 0 fully saturated rings. The summed E-state index contributed by atoms with van der Waals surface area (Å²) in [5.74, 6) is 0.401. The van der Waals surface area contributed by atoms with Crippen LogP contribution in [0.25, 0.3) is 0 Å². The van der Waals surface area contributed by atoms with Crippen molar-refractivity contribution < 1.29 is 9.53 Å². The van der Waals surface area contributed by atoms with Gasteiger partial charge in [0.15, 0.2) is 0 Å². The Morgan fingerprint density at radius 3 is 2.41 bits per heavy atom. The average molecular weight is 245 g/mol. The lowest BCUT2D eigenvalue weighted by atomic mass is 10.0. The molecule has 0 aliphatic carbocycles. The van der Waals surface area contributed by atoms with Gasteiger partial charge in [0.05, 0.1) is 6.61 Å². The molecule has 0 aliphatic rings. The Hall–Kier alpha value is -0.650. The predicted octanol–water partition coefficient (Wildman–Crippen LogP) is 0.0526. The molecule has 0 saturated carbocycles. The molecule has 102 valence electrons. The van der Waals surface area contributed by atoms with Crippen molar-refractivity contribution in [1.29, 1.82) is 0 Å². The van der Waals surface area contributed by atoms with E-state index in [9.17, 15) is 4.79 Å². The molecule has 0 aromatic carbocycles. The minimum atomic E-state index is -0.586. The molecule has 5 heteroatoms. The molecule has 0 heterocycles. The molecule has 0 radical (unpaired) electrons. The van der Waals surface area contributed by atoms with Crippen molar-refractivity contribution in [2.75, 3.05) is 34.4 Å². The summed E-state index contributed by atoms with van der Waals surface area (Å²) in [5, 5.41) is 2.98. The number of carbonyl (C=O) groups excluding carboxylic acids is 1. The number of likely N-dealkylation sites (N-methyl/N-ethyl adjacent to an activating group) is 1. The van der Waals surface area contributed by atoms with E-state index in [4.69, 9.17) is 10.5 Å². The van der Waals surface area contributed by atoms with Crippen LogP contribution in [0.2, 0.25) is 0 Å². The molecule has 17 heavy (non-hydrogen) atoms. The van der Waals surface area contributed by atoms with E-state index in [-0.39, 0.29) is 18.6 Å². The van der Waals surface area contributed by atoms with Crippen molar-refractivity contribution in [1.82, 2.24) is 10.2 Å². The van der Waals surface area contributed by atoms with Crippen molar-refractivity contribution in [2.45, 2.75) is 32.4 Å². The minimum Gasteiger partial charge on any atom is -0.383 e. The molecule has 0 bridgehead atoms. The van der Waals surface area contributed by atoms with Crippen LogP contribution in [0.1, 0.15) is 20.3 Å². The first-order chi connectivity index (χ1) is 7.86. The second kappa shape index (κ2) is 8.44. The molecule has 0 rings (SSSR count). The lowest BCUT2D eigenvalue weighted by Crippen LogP contribution is -2.50. The van der Waals surface area contributed by atoms with Crippen LogP contribution in [-0.2, 0) is 9.53 Å². The number of hydrogen-bond acceptors (Lipinski definition) is 4. The van der Waals surface area contributed by atoms with Gasteiger partial charge in [0.25, 0.3) is 0 Å². The second-order valence-corrected chi connectivity index (χ2v) is 5.16. The highest BCUT2D eigenvalue weighted by molar-refractivity contribution is 5.81. The number of rotatable bonds is 8. The third-order valence-electron chi connectivity index (χ3n) is 2.37. The molecule has 0 aromatic heterocycles. The summed E-state index contributed by atoms with van der Waals surface area (Å²) in [5.41, 5.74) is 5.69. The fraction of sp³-hybridized carbons (Fsp3) is 0.917. The quantitative estimate of drug-likeness (QED) is 0.634. The number of amides is 1. The zero-order chi connectivity index (χ0) is 13.4. The van der Waals surface area contributed by atoms with Crippen LogP contribution in [0.4, 0.5) is 0 Å². The number of nitrogens with zero attached hydrogens (tertiary/aromatic N) is 1. The molecular weight excluding hydrogens is 218 g/mol. The van der Waals surface area contributed by atoms with Crippen LogP contribution in [0.3, 0.4) is 0 Å². The zero-order valence-corrected chi connectivity index (χ0v) is 11.7. The fourth-order valence-electron chi connectivity index (χ4n) is 1.75. The minimum absolute atomic E-state index is 0.139. The van der Waals surface area contributed by atoms with Crippen molar-refractivity contribution in [2.24, 2.45) is 11.7 Å². The number of nitrogens with one attached hydrogen (secondary N) is 1. The van der Waals surface area contributed by atoms with E-state index >= 15 is 0 Å². The van der Waals surface area contributed by atoms with Gasteiger partial charge in [-0.25, -0.2) is 0 Å². The van der Waals surface area contributed by atoms with Gasteiger partial charge in [0, 0.05) is 19.7 Å². The van der Waals surface area contributed by atoms with Crippen molar-refractivity contribution in [3.8, 4) is 0 Å². The highest BCUT2D eigenvalue weighted by atomic mass is 16.5. The van der Waals surface area contributed by atoms with Crippen LogP contribution in [0.5, 0.6) is 0 Å². The summed E-state index contributed by atoms with van der Waals surface area (Å²) in [6.07, 6.45) is 0.948. The van der Waals surface area contributed by atoms with Crippen LogP contribution >= 0.6 is 0 Å². The first-order valence-corrected chi connectivity index (χ1v) is 6.06. The number of ether oxygens (including phenoxy) is 1. The summed E-state index contributed by atoms with van der Waals surface area (Å²) in [6, 6.07) is -0.447. The average Bonchev–Trinajstić information content (AvgIpc) is 2.15. The van der Waals surface area contributed by atoms with Gasteiger partial charge in [-0.1, -0.05) is 13.8 Å². The highest BCUT2D eigenvalue weighted by Crippen LogP contribution is 2.05. The number of hydrogen-bond donors (Lipinski definition) is 2. The normalized spacial score (nSPS) is 15.1. The Morgan fingerprint density at radius 2 is 2.00 bits per heavy atom. The van der Waals surface area contributed by atoms with Gasteiger partial charge in [-0.05, 0) is 26.4 Å². The van der Waals surface area contributed by atoms with E-state index in [0.717, 1.165) is 13.0 Å². The molecule has 2 atom stereocenters. The topological polar surface area (TPSA) is 67.6 Å². The van der Waals surface area contributed by atoms with Gasteiger partial charge in [-0.3, -0.25) is 4.79 Å². The summed E-state index contributed by atoms with van der Waals surface area (Å²) in [7, 11) is 5.53. The smallest absolute Gasteiger partial charge is 0.239 e. The Bertz CT molecular complexity index is 210. The van der Waals surface area contributed by atoms with E-state index in [2.05, 4.69) is 24.1 Å². The molecule has 3 N–H and O–H groups in total. The molecular formula is C12H27N3O2. The van der Waals surface area contributed by atoms with Gasteiger partial charge in [0.2, 0.25) is 5.91 Å². The maximum absolute atomic E-state index is 11.8. The van der Waals surface area contributed by atoms with Gasteiger partial charge in [-0.2, -0.15) is 0 Å². The lowest BCUT2D eigenvalue weighted by molar-refractivity contribution is -0.124. The summed E-state index contributed by atoms with van der Waals surface area (Å²) < 4.78 is 4.87. The van der Waals surface area contributed by atoms with Crippen LogP contribution in [0.15, 0.2) is 0 Å². The highest BCUT2D eigenvalue weighted by Gasteiger charge is 2.19. The van der Waals surface area contributed by atoms with E-state index < -0.39 is 6.04 Å². The first-order valence-electron chi connectivity index (χ1n) is 6.06. The monoisotopic (exact) mass is 245 g/mol. The Kier molecular flexibility index (Phi) is 8.12. The largest absolute Gasteiger partial charge is 0.383 e. The molecule has 0 saturated heterocycles. The predicted molar refractivity (Wildman–Crippen MR) is 69.8 cm³/mol. The summed E-state index contributed by atoms with van der Waals surface area (Å²) in [4.78, 5) is 13.8. The van der Waals surface area contributed by atoms with E-state index in [1.807, 2.05) is 14.1 Å². The zero-order valence-electron chi connectivity index (χ0n) is 11.7. The van der Waals surface area contributed by atoms with Gasteiger partial charge in [0.1, 0.15) is 6.04 Å². The Balaban J connectivity index is 4.26. The molecule has 1 amide bonds. The summed E-state index contributed by atoms with van der Waals surface area (Å²) >= 11 is 0. The fourth-order valence-corrected chi connectivity index (χ4v) is 1.75. The third kappa shape index (κ3) is 8.12. The molecule has 0 spiro atoms. The van der Waals surface area contributed by atoms with Gasteiger partial charge in [-0.15, -0.1) is 0 Å². The van der Waals surface area contributed by atoms with Crippen molar-refractivity contribution >= 4 is 5.91 Å². The third-order valence-corrected chi connectivity index (χ3v) is 2.37. The maximum Gasteiger partial charge on any atom is 0.239 e. The number of carbonyl (C=O) groups is 1. The molecule has 5 nitrogen and oxygen atoms in total. The number of nitrogens with two attached hydrogens (primary N) is 1. The molecule has 0 aliphatic heterocycles. The van der Waals surface area contributed by atoms with E-state index in [1.54, 1.807) is 7.11 Å². The van der Waals surface area contributed by atoms with Gasteiger partial charge >= 0.3 is 0 Å². The van der Waals surface area contributed by atoms with Crippen molar-refractivity contribution in [3.05, 3.63) is 0 Å². The maximum atomic E-state index is 11.8. The Labute approximate surface area is 105 Å². The van der Waals surface area contributed by atoms with Crippen LogP contribution < -0.4 is 11.1 Å². The SMILES string of the molecule is COCC(N)C(=O)NC(CC(C)C)CN(C)C. The lowest BCUT2D eigenvalue weighted by Gasteiger charge is -2.25. The Morgan fingerprint density at radius 1 is 1.41 bits per heavy atom. The van der Waals surface area contributed by atoms with Crippen molar-refractivity contribution in [3.63, 3.8) is 0 Å². The first kappa shape index (κ1) is 16.4. The number of methoxy groups -OCH3 is 1. The van der Waals surface area contributed by atoms with Gasteiger partial charge < -0.3 is 20.7 Å². The molecule has 0 aromatic rings. The van der Waals surface area contributed by atoms with Crippen LogP contribution in [-0.4, -0.2) is 57.2 Å². The van der Waals surface area contributed by atoms with E-state index in [1.165, 1.54) is 0 Å². The summed E-state index contributed by atoms with van der Waals surface area (Å²) in [6.45, 7) is 5.36. The standard InChI is InChI=1S/C12H27N3O2/c1-9(2)6-10(7-15(3)4)14-12(16)11(13)8-17-5/h9-11H,6-8,13H2,1-5H3,(H,14,16). The van der Waals surface area contributed by atoms with E-state index in [0.29, 0.717) is 5.92 Å². The second-order valence-electron chi connectivity index (χ2n) is 5.16. The van der Waals surface area contributed by atoms with Crippen LogP contribution in [0, 0.1) is 5.92 Å². The molecule has 2 unspecified atom stereocenters.